The fraction of sp³-hybridized carbons (Fsp3) is 0.316. The SMILES string of the molecule is CCOc1ccc(C(=O)N2CCCc3ccccc32)cc1OC. The van der Waals surface area contributed by atoms with Gasteiger partial charge in [-0.3, -0.25) is 4.79 Å². The summed E-state index contributed by atoms with van der Waals surface area (Å²) in [6, 6.07) is 13.4. The van der Waals surface area contributed by atoms with E-state index in [2.05, 4.69) is 6.07 Å². The van der Waals surface area contributed by atoms with E-state index in [1.54, 1.807) is 25.3 Å². The van der Waals surface area contributed by atoms with Crippen LogP contribution in [0.4, 0.5) is 5.69 Å². The number of amides is 1. The Balaban J connectivity index is 1.92. The highest BCUT2D eigenvalue weighted by Gasteiger charge is 2.24. The molecule has 0 bridgehead atoms. The van der Waals surface area contributed by atoms with Crippen molar-refractivity contribution in [3.8, 4) is 11.5 Å². The largest absolute Gasteiger partial charge is 0.493 e. The molecule has 0 unspecified atom stereocenters. The third-order valence-corrected chi connectivity index (χ3v) is 4.07. The van der Waals surface area contributed by atoms with Gasteiger partial charge < -0.3 is 14.4 Å². The first-order valence-electron chi connectivity index (χ1n) is 7.95. The Morgan fingerprint density at radius 2 is 2.00 bits per heavy atom. The monoisotopic (exact) mass is 311 g/mol. The Labute approximate surface area is 136 Å². The first-order valence-corrected chi connectivity index (χ1v) is 7.95. The Morgan fingerprint density at radius 1 is 1.17 bits per heavy atom. The molecule has 4 nitrogen and oxygen atoms in total. The van der Waals surface area contributed by atoms with Crippen molar-refractivity contribution in [3.63, 3.8) is 0 Å². The molecular formula is C19H21NO3. The quantitative estimate of drug-likeness (QED) is 0.864. The van der Waals surface area contributed by atoms with Gasteiger partial charge in [0.1, 0.15) is 0 Å². The van der Waals surface area contributed by atoms with E-state index in [0.717, 1.165) is 25.1 Å². The molecule has 120 valence electrons. The van der Waals surface area contributed by atoms with E-state index in [0.29, 0.717) is 23.7 Å². The van der Waals surface area contributed by atoms with Crippen LogP contribution in [-0.2, 0) is 6.42 Å². The molecule has 0 saturated carbocycles. The molecule has 0 aromatic heterocycles. The highest BCUT2D eigenvalue weighted by Crippen LogP contribution is 2.31. The van der Waals surface area contributed by atoms with Crippen LogP contribution in [0, 0.1) is 0 Å². The number of benzene rings is 2. The third-order valence-electron chi connectivity index (χ3n) is 4.07. The third kappa shape index (κ3) is 3.02. The van der Waals surface area contributed by atoms with E-state index in [1.165, 1.54) is 5.56 Å². The van der Waals surface area contributed by atoms with E-state index in [4.69, 9.17) is 9.47 Å². The van der Waals surface area contributed by atoms with E-state index < -0.39 is 0 Å². The van der Waals surface area contributed by atoms with Gasteiger partial charge in [-0.15, -0.1) is 0 Å². The van der Waals surface area contributed by atoms with Gasteiger partial charge in [0.05, 0.1) is 13.7 Å². The Morgan fingerprint density at radius 3 is 2.78 bits per heavy atom. The summed E-state index contributed by atoms with van der Waals surface area (Å²) in [6.07, 6.45) is 2.00. The van der Waals surface area contributed by atoms with Gasteiger partial charge in [0, 0.05) is 17.8 Å². The van der Waals surface area contributed by atoms with Gasteiger partial charge in [-0.05, 0) is 49.6 Å². The summed E-state index contributed by atoms with van der Waals surface area (Å²) in [5, 5.41) is 0. The number of hydrogen-bond acceptors (Lipinski definition) is 3. The van der Waals surface area contributed by atoms with E-state index >= 15 is 0 Å². The summed E-state index contributed by atoms with van der Waals surface area (Å²) < 4.78 is 10.9. The van der Waals surface area contributed by atoms with Gasteiger partial charge in [0.25, 0.3) is 5.91 Å². The van der Waals surface area contributed by atoms with Crippen LogP contribution in [0.15, 0.2) is 42.5 Å². The first kappa shape index (κ1) is 15.4. The maximum atomic E-state index is 12.9. The number of hydrogen-bond donors (Lipinski definition) is 0. The van der Waals surface area contributed by atoms with Gasteiger partial charge in [-0.2, -0.15) is 0 Å². The fourth-order valence-corrected chi connectivity index (χ4v) is 2.98. The zero-order valence-electron chi connectivity index (χ0n) is 13.5. The average molecular weight is 311 g/mol. The fourth-order valence-electron chi connectivity index (χ4n) is 2.98. The Kier molecular flexibility index (Phi) is 4.51. The van der Waals surface area contributed by atoms with Gasteiger partial charge in [0.2, 0.25) is 0 Å². The van der Waals surface area contributed by atoms with Crippen LogP contribution in [0.1, 0.15) is 29.3 Å². The molecular weight excluding hydrogens is 290 g/mol. The summed E-state index contributed by atoms with van der Waals surface area (Å²) in [4.78, 5) is 14.8. The highest BCUT2D eigenvalue weighted by atomic mass is 16.5. The number of anilines is 1. The summed E-state index contributed by atoms with van der Waals surface area (Å²) in [5.74, 6) is 1.24. The molecule has 0 saturated heterocycles. The predicted octanol–water partition coefficient (Wildman–Crippen LogP) is 3.69. The van der Waals surface area contributed by atoms with E-state index in [9.17, 15) is 4.79 Å². The maximum Gasteiger partial charge on any atom is 0.258 e. The minimum atomic E-state index is -0.00139. The second kappa shape index (κ2) is 6.73. The van der Waals surface area contributed by atoms with Gasteiger partial charge in [0.15, 0.2) is 11.5 Å². The summed E-state index contributed by atoms with van der Waals surface area (Å²) in [7, 11) is 1.59. The number of carbonyl (C=O) groups excluding carboxylic acids is 1. The molecule has 0 aliphatic carbocycles. The lowest BCUT2D eigenvalue weighted by Gasteiger charge is -2.29. The molecule has 0 spiro atoms. The zero-order valence-corrected chi connectivity index (χ0v) is 13.5. The number of para-hydroxylation sites is 1. The first-order chi connectivity index (χ1) is 11.2. The van der Waals surface area contributed by atoms with Crippen molar-refractivity contribution in [1.29, 1.82) is 0 Å². The molecule has 1 aliphatic rings. The summed E-state index contributed by atoms with van der Waals surface area (Å²) in [6.45, 7) is 3.22. The number of carbonyl (C=O) groups is 1. The minimum absolute atomic E-state index is 0.00139. The van der Waals surface area contributed by atoms with E-state index in [1.807, 2.05) is 30.0 Å². The van der Waals surface area contributed by atoms with Crippen molar-refractivity contribution in [2.75, 3.05) is 25.2 Å². The summed E-state index contributed by atoms with van der Waals surface area (Å²) >= 11 is 0. The van der Waals surface area contributed by atoms with Crippen molar-refractivity contribution in [2.45, 2.75) is 19.8 Å². The second-order valence-corrected chi connectivity index (χ2v) is 5.49. The number of fused-ring (bicyclic) bond motifs is 1. The zero-order chi connectivity index (χ0) is 16.2. The lowest BCUT2D eigenvalue weighted by Crippen LogP contribution is -2.35. The van der Waals surface area contributed by atoms with Crippen LogP contribution in [0.2, 0.25) is 0 Å². The Hall–Kier alpha value is -2.49. The molecule has 1 aliphatic heterocycles. The highest BCUT2D eigenvalue weighted by molar-refractivity contribution is 6.07. The number of methoxy groups -OCH3 is 1. The Bertz CT molecular complexity index is 712. The molecule has 0 N–H and O–H groups in total. The van der Waals surface area contributed by atoms with Crippen molar-refractivity contribution >= 4 is 11.6 Å². The molecule has 1 amide bonds. The van der Waals surface area contributed by atoms with Crippen LogP contribution in [0.5, 0.6) is 11.5 Å². The average Bonchev–Trinajstić information content (AvgIpc) is 2.61. The van der Waals surface area contributed by atoms with Crippen molar-refractivity contribution in [1.82, 2.24) is 0 Å². The van der Waals surface area contributed by atoms with Crippen molar-refractivity contribution in [2.24, 2.45) is 0 Å². The molecule has 0 radical (unpaired) electrons. The predicted molar refractivity (Wildman–Crippen MR) is 90.6 cm³/mol. The number of rotatable bonds is 4. The van der Waals surface area contributed by atoms with Crippen LogP contribution >= 0.6 is 0 Å². The van der Waals surface area contributed by atoms with Crippen LogP contribution in [-0.4, -0.2) is 26.2 Å². The topological polar surface area (TPSA) is 38.8 Å². The molecule has 3 rings (SSSR count). The molecule has 2 aromatic rings. The maximum absolute atomic E-state index is 12.9. The van der Waals surface area contributed by atoms with Crippen LogP contribution < -0.4 is 14.4 Å². The van der Waals surface area contributed by atoms with Gasteiger partial charge in [-0.25, -0.2) is 0 Å². The minimum Gasteiger partial charge on any atom is -0.493 e. The smallest absolute Gasteiger partial charge is 0.258 e. The van der Waals surface area contributed by atoms with Crippen LogP contribution in [0.3, 0.4) is 0 Å². The van der Waals surface area contributed by atoms with Crippen LogP contribution in [0.25, 0.3) is 0 Å². The molecule has 2 aromatic carbocycles. The summed E-state index contributed by atoms with van der Waals surface area (Å²) in [5.41, 5.74) is 2.85. The molecule has 1 heterocycles. The molecule has 0 fully saturated rings. The normalized spacial score (nSPS) is 13.4. The van der Waals surface area contributed by atoms with Crippen molar-refractivity contribution < 1.29 is 14.3 Å². The standard InChI is InChI=1S/C19H21NO3/c1-3-23-17-11-10-15(13-18(17)22-2)19(21)20-12-6-8-14-7-4-5-9-16(14)20/h4-5,7,9-11,13H,3,6,8,12H2,1-2H3. The second-order valence-electron chi connectivity index (χ2n) is 5.49. The van der Waals surface area contributed by atoms with Gasteiger partial charge in [-0.1, -0.05) is 18.2 Å². The molecule has 23 heavy (non-hydrogen) atoms. The van der Waals surface area contributed by atoms with E-state index in [-0.39, 0.29) is 5.91 Å². The number of aryl methyl sites for hydroxylation is 1. The lowest BCUT2D eigenvalue weighted by molar-refractivity contribution is 0.0984. The molecule has 4 heteroatoms. The van der Waals surface area contributed by atoms with Gasteiger partial charge >= 0.3 is 0 Å². The molecule has 0 atom stereocenters. The lowest BCUT2D eigenvalue weighted by atomic mass is 10.0. The van der Waals surface area contributed by atoms with Crippen molar-refractivity contribution in [3.05, 3.63) is 53.6 Å². The number of ether oxygens (including phenoxy) is 2. The number of nitrogens with zero attached hydrogens (tertiary/aromatic N) is 1.